The molecular weight excluding hydrogens is 288 g/mol. The van der Waals surface area contributed by atoms with E-state index in [9.17, 15) is 16.8 Å². The smallest absolute Gasteiger partial charge is 0.242 e. The van der Waals surface area contributed by atoms with Gasteiger partial charge in [-0.05, 0) is 25.1 Å². The Hall–Kier alpha value is -1.12. The summed E-state index contributed by atoms with van der Waals surface area (Å²) in [4.78, 5) is -0.0789. The Morgan fingerprint density at radius 3 is 2.16 bits per heavy atom. The minimum absolute atomic E-state index is 0.0226. The summed E-state index contributed by atoms with van der Waals surface area (Å²) in [6, 6.07) is 4.02. The highest BCUT2D eigenvalue weighted by molar-refractivity contribution is 7.91. The van der Waals surface area contributed by atoms with Gasteiger partial charge >= 0.3 is 0 Å². The van der Waals surface area contributed by atoms with E-state index < -0.39 is 19.9 Å². The lowest BCUT2D eigenvalue weighted by atomic mass is 10.3. The van der Waals surface area contributed by atoms with E-state index in [0.717, 1.165) is 6.26 Å². The van der Waals surface area contributed by atoms with Crippen molar-refractivity contribution in [3.63, 3.8) is 0 Å². The molecule has 0 aliphatic rings. The van der Waals surface area contributed by atoms with Crippen LogP contribution in [0.4, 0.5) is 5.69 Å². The van der Waals surface area contributed by atoms with E-state index in [0.29, 0.717) is 12.2 Å². The summed E-state index contributed by atoms with van der Waals surface area (Å²) < 4.78 is 49.5. The lowest BCUT2D eigenvalue weighted by Gasteiger charge is -2.13. The van der Waals surface area contributed by atoms with Crippen molar-refractivity contribution in [3.05, 3.63) is 18.2 Å². The highest BCUT2D eigenvalue weighted by atomic mass is 32.2. The van der Waals surface area contributed by atoms with Crippen LogP contribution in [0, 0.1) is 0 Å². The lowest BCUT2D eigenvalue weighted by Crippen LogP contribution is -2.24. The van der Waals surface area contributed by atoms with E-state index >= 15 is 0 Å². The van der Waals surface area contributed by atoms with Crippen LogP contribution in [0.1, 0.15) is 13.8 Å². The van der Waals surface area contributed by atoms with Crippen LogP contribution < -0.4 is 10.0 Å². The van der Waals surface area contributed by atoms with E-state index in [1.165, 1.54) is 18.2 Å². The van der Waals surface area contributed by atoms with Crippen LogP contribution in [0.25, 0.3) is 0 Å². The third-order valence-corrected chi connectivity index (χ3v) is 5.07. The highest BCUT2D eigenvalue weighted by Crippen LogP contribution is 2.24. The normalized spacial score (nSPS) is 12.4. The number of sulfonamides is 1. The van der Waals surface area contributed by atoms with Crippen molar-refractivity contribution in [2.24, 2.45) is 0 Å². The summed E-state index contributed by atoms with van der Waals surface area (Å²) in [5, 5.41) is 2.91. The van der Waals surface area contributed by atoms with Crippen LogP contribution in [0.2, 0.25) is 0 Å². The maximum atomic E-state index is 12.1. The molecule has 0 fully saturated rings. The van der Waals surface area contributed by atoms with Gasteiger partial charge in [-0.15, -0.1) is 0 Å². The van der Waals surface area contributed by atoms with Crippen LogP contribution >= 0.6 is 0 Å². The van der Waals surface area contributed by atoms with Crippen LogP contribution in [0.3, 0.4) is 0 Å². The summed E-state index contributed by atoms with van der Waals surface area (Å²) in [6.45, 7) is 4.25. The first-order valence-electron chi connectivity index (χ1n) is 5.80. The zero-order valence-electron chi connectivity index (χ0n) is 11.1. The molecule has 1 aromatic rings. The molecule has 1 rings (SSSR count). The molecule has 0 spiro atoms. The number of anilines is 1. The summed E-state index contributed by atoms with van der Waals surface area (Å²) in [7, 11) is -7.18. The Balaban J connectivity index is 3.48. The van der Waals surface area contributed by atoms with Crippen molar-refractivity contribution in [3.8, 4) is 0 Å². The van der Waals surface area contributed by atoms with Crippen molar-refractivity contribution in [1.82, 2.24) is 4.72 Å². The van der Waals surface area contributed by atoms with E-state index in [-0.39, 0.29) is 16.3 Å². The second-order valence-electron chi connectivity index (χ2n) is 3.96. The molecule has 0 saturated heterocycles. The zero-order chi connectivity index (χ0) is 14.7. The molecule has 0 amide bonds. The van der Waals surface area contributed by atoms with Crippen molar-refractivity contribution in [2.45, 2.75) is 23.6 Å². The number of benzene rings is 1. The average molecular weight is 306 g/mol. The van der Waals surface area contributed by atoms with Crippen molar-refractivity contribution < 1.29 is 16.8 Å². The Kier molecular flexibility index (Phi) is 4.94. The molecule has 19 heavy (non-hydrogen) atoms. The number of sulfone groups is 1. The van der Waals surface area contributed by atoms with Gasteiger partial charge in [0.25, 0.3) is 0 Å². The Morgan fingerprint density at radius 2 is 1.68 bits per heavy atom. The zero-order valence-corrected chi connectivity index (χ0v) is 12.7. The fourth-order valence-corrected chi connectivity index (χ4v) is 3.53. The van der Waals surface area contributed by atoms with E-state index in [4.69, 9.17) is 0 Å². The monoisotopic (exact) mass is 306 g/mol. The topological polar surface area (TPSA) is 92.3 Å². The minimum atomic E-state index is -3.72. The molecule has 0 bridgehead atoms. The first-order chi connectivity index (χ1) is 8.72. The van der Waals surface area contributed by atoms with Gasteiger partial charge in [0, 0.05) is 19.3 Å². The fraction of sp³-hybridized carbons (Fsp3) is 0.455. The van der Waals surface area contributed by atoms with Gasteiger partial charge in [0.1, 0.15) is 4.90 Å². The third-order valence-electron chi connectivity index (χ3n) is 2.37. The van der Waals surface area contributed by atoms with Gasteiger partial charge in [0.15, 0.2) is 9.84 Å². The Bertz CT molecular complexity index is 651. The predicted molar refractivity (Wildman–Crippen MR) is 74.6 cm³/mol. The van der Waals surface area contributed by atoms with Gasteiger partial charge in [-0.1, -0.05) is 6.92 Å². The molecule has 0 aliphatic heterocycles. The SMILES string of the molecule is CCNc1ccc(S(C)(=O)=O)cc1S(=O)(=O)NCC. The molecule has 0 unspecified atom stereocenters. The molecule has 0 aromatic heterocycles. The molecule has 0 heterocycles. The fourth-order valence-electron chi connectivity index (χ4n) is 1.56. The van der Waals surface area contributed by atoms with E-state index in [1.807, 2.05) is 6.92 Å². The number of nitrogens with one attached hydrogen (secondary N) is 2. The second-order valence-corrected chi connectivity index (χ2v) is 7.71. The quantitative estimate of drug-likeness (QED) is 0.812. The number of hydrogen-bond donors (Lipinski definition) is 2. The van der Waals surface area contributed by atoms with Gasteiger partial charge in [-0.2, -0.15) is 0 Å². The Labute approximate surface area is 114 Å². The largest absolute Gasteiger partial charge is 0.384 e. The van der Waals surface area contributed by atoms with E-state index in [1.54, 1.807) is 6.92 Å². The summed E-state index contributed by atoms with van der Waals surface area (Å²) >= 11 is 0. The summed E-state index contributed by atoms with van der Waals surface area (Å²) in [5.41, 5.74) is 0.385. The standard InChI is InChI=1S/C11H18N2O4S2/c1-4-12-10-7-6-9(18(3,14)15)8-11(10)19(16,17)13-5-2/h6-8,12-13H,4-5H2,1-3H3. The maximum absolute atomic E-state index is 12.1. The average Bonchev–Trinajstić information content (AvgIpc) is 2.28. The summed E-state index contributed by atoms with van der Waals surface area (Å²) in [5.74, 6) is 0. The molecule has 0 aliphatic carbocycles. The van der Waals surface area contributed by atoms with E-state index in [2.05, 4.69) is 10.0 Å². The van der Waals surface area contributed by atoms with Crippen molar-refractivity contribution in [1.29, 1.82) is 0 Å². The van der Waals surface area contributed by atoms with Gasteiger partial charge in [-0.3, -0.25) is 0 Å². The molecule has 0 atom stereocenters. The summed E-state index contributed by atoms with van der Waals surface area (Å²) in [6.07, 6.45) is 1.04. The van der Waals surface area contributed by atoms with Crippen LogP contribution in [-0.2, 0) is 19.9 Å². The van der Waals surface area contributed by atoms with Gasteiger partial charge in [-0.25, -0.2) is 21.6 Å². The molecule has 1 aromatic carbocycles. The lowest BCUT2D eigenvalue weighted by molar-refractivity contribution is 0.584. The molecule has 6 nitrogen and oxygen atoms in total. The van der Waals surface area contributed by atoms with Gasteiger partial charge in [0.05, 0.1) is 10.6 Å². The van der Waals surface area contributed by atoms with Crippen molar-refractivity contribution >= 4 is 25.5 Å². The highest BCUT2D eigenvalue weighted by Gasteiger charge is 2.20. The van der Waals surface area contributed by atoms with Crippen LogP contribution in [0.5, 0.6) is 0 Å². The maximum Gasteiger partial charge on any atom is 0.242 e. The molecule has 0 saturated carbocycles. The Morgan fingerprint density at radius 1 is 1.05 bits per heavy atom. The number of rotatable bonds is 6. The first-order valence-corrected chi connectivity index (χ1v) is 9.17. The molecule has 2 N–H and O–H groups in total. The molecule has 0 radical (unpaired) electrons. The van der Waals surface area contributed by atoms with Gasteiger partial charge in [0.2, 0.25) is 10.0 Å². The van der Waals surface area contributed by atoms with Crippen LogP contribution in [0.15, 0.2) is 28.0 Å². The molecular formula is C11H18N2O4S2. The minimum Gasteiger partial charge on any atom is -0.384 e. The van der Waals surface area contributed by atoms with Crippen LogP contribution in [-0.4, -0.2) is 36.2 Å². The van der Waals surface area contributed by atoms with Crippen molar-refractivity contribution in [2.75, 3.05) is 24.7 Å². The second kappa shape index (κ2) is 5.89. The van der Waals surface area contributed by atoms with Gasteiger partial charge < -0.3 is 5.32 Å². The predicted octanol–water partition coefficient (Wildman–Crippen LogP) is 0.820. The third kappa shape index (κ3) is 3.92. The molecule has 108 valence electrons. The molecule has 8 heteroatoms. The first kappa shape index (κ1) is 15.9. The number of hydrogen-bond acceptors (Lipinski definition) is 5.